The van der Waals surface area contributed by atoms with Crippen LogP contribution in [0.1, 0.15) is 19.3 Å². The zero-order chi connectivity index (χ0) is 13.1. The number of carbonyl (C=O) groups excluding carboxylic acids is 1. The molecule has 2 N–H and O–H groups in total. The van der Waals surface area contributed by atoms with Crippen molar-refractivity contribution in [2.24, 2.45) is 0 Å². The molecule has 0 aliphatic rings. The molecule has 2 rings (SSSR count). The van der Waals surface area contributed by atoms with E-state index in [0.717, 1.165) is 11.3 Å². The largest absolute Gasteiger partial charge is 0.496 e. The molecular formula is C11H9NO4S2. The minimum atomic E-state index is -1.00. The molecule has 0 unspecified atom stereocenters. The van der Waals surface area contributed by atoms with Gasteiger partial charge in [-0.2, -0.15) is 0 Å². The smallest absolute Gasteiger partial charge is 0.345 e. The summed E-state index contributed by atoms with van der Waals surface area (Å²) in [6.45, 7) is 0. The molecule has 5 nitrogen and oxygen atoms in total. The SMILES string of the molecule is COc1csc(C(=O)Nc2ccc(C(=O)O)s2)c1. The summed E-state index contributed by atoms with van der Waals surface area (Å²) in [7, 11) is 1.53. The van der Waals surface area contributed by atoms with Gasteiger partial charge in [-0.05, 0) is 12.1 Å². The lowest BCUT2D eigenvalue weighted by Crippen LogP contribution is -2.08. The third kappa shape index (κ3) is 2.69. The van der Waals surface area contributed by atoms with Gasteiger partial charge in [0.15, 0.2) is 0 Å². The highest BCUT2D eigenvalue weighted by atomic mass is 32.1. The number of ether oxygens (including phenoxy) is 1. The van der Waals surface area contributed by atoms with E-state index in [0.29, 0.717) is 15.6 Å². The first-order chi connectivity index (χ1) is 8.60. The van der Waals surface area contributed by atoms with Crippen molar-refractivity contribution in [2.75, 3.05) is 12.4 Å². The number of thiophene rings is 2. The molecule has 18 heavy (non-hydrogen) atoms. The number of aromatic carboxylic acids is 1. The summed E-state index contributed by atoms with van der Waals surface area (Å²) in [6, 6.07) is 4.65. The summed E-state index contributed by atoms with van der Waals surface area (Å²) >= 11 is 2.28. The van der Waals surface area contributed by atoms with E-state index < -0.39 is 5.97 Å². The highest BCUT2D eigenvalue weighted by molar-refractivity contribution is 7.18. The van der Waals surface area contributed by atoms with Crippen LogP contribution in [0, 0.1) is 0 Å². The van der Waals surface area contributed by atoms with Crippen molar-refractivity contribution in [3.63, 3.8) is 0 Å². The number of methoxy groups -OCH3 is 1. The van der Waals surface area contributed by atoms with Crippen LogP contribution in [0.2, 0.25) is 0 Å². The second-order valence-electron chi connectivity index (χ2n) is 3.27. The fourth-order valence-corrected chi connectivity index (χ4v) is 2.73. The number of carboxylic acid groups (broad SMARTS) is 1. The summed E-state index contributed by atoms with van der Waals surface area (Å²) < 4.78 is 4.99. The Morgan fingerprint density at radius 2 is 2.11 bits per heavy atom. The Balaban J connectivity index is 2.08. The Hall–Kier alpha value is -1.86. The second kappa shape index (κ2) is 5.19. The summed E-state index contributed by atoms with van der Waals surface area (Å²) in [5.74, 6) is -0.650. The predicted octanol–water partition coefficient (Wildman–Crippen LogP) is 2.77. The van der Waals surface area contributed by atoms with Crippen LogP contribution in [0.25, 0.3) is 0 Å². The molecule has 0 spiro atoms. The molecule has 0 aliphatic heterocycles. The van der Waals surface area contributed by atoms with E-state index >= 15 is 0 Å². The van der Waals surface area contributed by atoms with E-state index in [9.17, 15) is 9.59 Å². The van der Waals surface area contributed by atoms with Crippen molar-refractivity contribution in [1.29, 1.82) is 0 Å². The van der Waals surface area contributed by atoms with Crippen molar-refractivity contribution < 1.29 is 19.4 Å². The Bertz CT molecular complexity index is 587. The topological polar surface area (TPSA) is 75.6 Å². The van der Waals surface area contributed by atoms with Crippen molar-refractivity contribution >= 4 is 39.6 Å². The van der Waals surface area contributed by atoms with Crippen molar-refractivity contribution in [2.45, 2.75) is 0 Å². The maximum absolute atomic E-state index is 11.8. The first-order valence-corrected chi connectivity index (χ1v) is 6.57. The molecule has 2 aromatic rings. The minimum Gasteiger partial charge on any atom is -0.496 e. The Kier molecular flexibility index (Phi) is 3.63. The van der Waals surface area contributed by atoms with E-state index in [-0.39, 0.29) is 10.8 Å². The summed E-state index contributed by atoms with van der Waals surface area (Å²) in [5, 5.41) is 13.6. The molecule has 0 atom stereocenters. The van der Waals surface area contributed by atoms with E-state index in [4.69, 9.17) is 9.84 Å². The number of carboxylic acids is 1. The van der Waals surface area contributed by atoms with Gasteiger partial charge in [0.1, 0.15) is 10.6 Å². The van der Waals surface area contributed by atoms with E-state index in [1.807, 2.05) is 0 Å². The molecule has 0 aliphatic carbocycles. The van der Waals surface area contributed by atoms with Crippen LogP contribution >= 0.6 is 22.7 Å². The third-order valence-electron chi connectivity index (χ3n) is 2.09. The quantitative estimate of drug-likeness (QED) is 0.904. The number of carbonyl (C=O) groups is 2. The molecule has 0 fully saturated rings. The Morgan fingerprint density at radius 1 is 1.33 bits per heavy atom. The molecule has 94 valence electrons. The normalized spacial score (nSPS) is 10.1. The highest BCUT2D eigenvalue weighted by Gasteiger charge is 2.12. The maximum Gasteiger partial charge on any atom is 0.345 e. The van der Waals surface area contributed by atoms with Crippen LogP contribution in [0.3, 0.4) is 0 Å². The molecule has 1 amide bonds. The lowest BCUT2D eigenvalue weighted by molar-refractivity contribution is 0.0702. The van der Waals surface area contributed by atoms with Gasteiger partial charge in [0.25, 0.3) is 5.91 Å². The molecular weight excluding hydrogens is 274 g/mol. The number of amides is 1. The average Bonchev–Trinajstić information content (AvgIpc) is 2.96. The van der Waals surface area contributed by atoms with Crippen LogP contribution in [-0.2, 0) is 0 Å². The number of hydrogen-bond donors (Lipinski definition) is 2. The number of hydrogen-bond acceptors (Lipinski definition) is 5. The van der Waals surface area contributed by atoms with Crippen LogP contribution in [0.5, 0.6) is 5.75 Å². The van der Waals surface area contributed by atoms with Gasteiger partial charge in [-0.25, -0.2) is 4.79 Å². The van der Waals surface area contributed by atoms with Gasteiger partial charge >= 0.3 is 5.97 Å². The minimum absolute atomic E-state index is 0.189. The van der Waals surface area contributed by atoms with Crippen LogP contribution in [-0.4, -0.2) is 24.1 Å². The van der Waals surface area contributed by atoms with Gasteiger partial charge in [0.2, 0.25) is 0 Å². The molecule has 0 saturated heterocycles. The Labute approximate surface area is 111 Å². The van der Waals surface area contributed by atoms with Gasteiger partial charge in [0.05, 0.1) is 17.0 Å². The molecule has 2 aromatic heterocycles. The molecule has 0 aromatic carbocycles. The van der Waals surface area contributed by atoms with Gasteiger partial charge in [-0.1, -0.05) is 0 Å². The average molecular weight is 283 g/mol. The van der Waals surface area contributed by atoms with E-state index in [2.05, 4.69) is 5.32 Å². The summed E-state index contributed by atoms with van der Waals surface area (Å²) in [5.41, 5.74) is 0. The first-order valence-electron chi connectivity index (χ1n) is 4.87. The third-order valence-corrected chi connectivity index (χ3v) is 3.98. The second-order valence-corrected chi connectivity index (χ2v) is 5.27. The van der Waals surface area contributed by atoms with E-state index in [1.165, 1.54) is 24.5 Å². The van der Waals surface area contributed by atoms with Crippen molar-refractivity contribution in [1.82, 2.24) is 0 Å². The van der Waals surface area contributed by atoms with Crippen LogP contribution in [0.15, 0.2) is 23.6 Å². The molecule has 7 heteroatoms. The maximum atomic E-state index is 11.8. The van der Waals surface area contributed by atoms with Crippen molar-refractivity contribution in [3.05, 3.63) is 33.3 Å². The zero-order valence-electron chi connectivity index (χ0n) is 9.30. The lowest BCUT2D eigenvalue weighted by atomic mass is 10.4. The monoisotopic (exact) mass is 283 g/mol. The molecule has 0 radical (unpaired) electrons. The molecule has 2 heterocycles. The van der Waals surface area contributed by atoms with Crippen LogP contribution < -0.4 is 10.1 Å². The van der Waals surface area contributed by atoms with E-state index in [1.54, 1.807) is 17.5 Å². The first kappa shape index (κ1) is 12.6. The fourth-order valence-electron chi connectivity index (χ4n) is 1.24. The Morgan fingerprint density at radius 3 is 2.67 bits per heavy atom. The van der Waals surface area contributed by atoms with Crippen molar-refractivity contribution in [3.8, 4) is 5.75 Å². The number of rotatable bonds is 4. The van der Waals surface area contributed by atoms with Gasteiger partial charge in [0, 0.05) is 11.4 Å². The predicted molar refractivity (Wildman–Crippen MR) is 70.1 cm³/mol. The van der Waals surface area contributed by atoms with Gasteiger partial charge in [-0.3, -0.25) is 4.79 Å². The summed E-state index contributed by atoms with van der Waals surface area (Å²) in [4.78, 5) is 23.2. The number of nitrogens with one attached hydrogen (secondary N) is 1. The highest BCUT2D eigenvalue weighted by Crippen LogP contribution is 2.25. The van der Waals surface area contributed by atoms with Gasteiger partial charge in [-0.15, -0.1) is 22.7 Å². The lowest BCUT2D eigenvalue weighted by Gasteiger charge is -1.98. The zero-order valence-corrected chi connectivity index (χ0v) is 10.9. The molecule has 0 bridgehead atoms. The summed E-state index contributed by atoms with van der Waals surface area (Å²) in [6.07, 6.45) is 0. The molecule has 0 saturated carbocycles. The fraction of sp³-hybridized carbons (Fsp3) is 0.0909. The number of anilines is 1. The van der Waals surface area contributed by atoms with Crippen LogP contribution in [0.4, 0.5) is 5.00 Å². The van der Waals surface area contributed by atoms with Gasteiger partial charge < -0.3 is 15.2 Å². The standard InChI is InChI=1S/C11H9NO4S2/c1-16-6-4-8(17-5-6)10(13)12-9-3-2-7(18-9)11(14)15/h2-5H,1H3,(H,12,13)(H,14,15).